The summed E-state index contributed by atoms with van der Waals surface area (Å²) in [6.07, 6.45) is 1.06. The van der Waals surface area contributed by atoms with E-state index < -0.39 is 0 Å². The fraction of sp³-hybridized carbons (Fsp3) is 0.250. The zero-order valence-electron chi connectivity index (χ0n) is 10.9. The van der Waals surface area contributed by atoms with Crippen LogP contribution in [0.25, 0.3) is 0 Å². The molecule has 0 aliphatic carbocycles. The Morgan fingerprint density at radius 2 is 1.79 bits per heavy atom. The van der Waals surface area contributed by atoms with E-state index in [4.69, 9.17) is 0 Å². The largest absolute Gasteiger partial charge is 0.374 e. The lowest BCUT2D eigenvalue weighted by Crippen LogP contribution is -2.21. The van der Waals surface area contributed by atoms with Gasteiger partial charge < -0.3 is 4.90 Å². The number of rotatable bonds is 5. The van der Waals surface area contributed by atoms with Gasteiger partial charge in [-0.3, -0.25) is 0 Å². The minimum Gasteiger partial charge on any atom is -0.374 e. The maximum atomic E-state index is 3.56. The molecule has 0 bridgehead atoms. The minimum atomic E-state index is 0.872. The number of nitrogens with zero attached hydrogens (tertiary/aromatic N) is 1. The quantitative estimate of drug-likeness (QED) is 0.656. The van der Waals surface area contributed by atoms with E-state index >= 15 is 0 Å². The molecule has 100 valence electrons. The molecule has 0 aliphatic rings. The maximum Gasteiger partial charge on any atom is 0.0405 e. The smallest absolute Gasteiger partial charge is 0.0405 e. The van der Waals surface area contributed by atoms with Gasteiger partial charge in [0.1, 0.15) is 0 Å². The van der Waals surface area contributed by atoms with Crippen LogP contribution in [-0.2, 0) is 11.8 Å². The van der Waals surface area contributed by atoms with Crippen molar-refractivity contribution in [3.05, 3.63) is 64.1 Å². The lowest BCUT2D eigenvalue weighted by molar-refractivity contribution is 0.872. The molecule has 2 aromatic rings. The summed E-state index contributed by atoms with van der Waals surface area (Å²) in [6.45, 7) is 1.02. The van der Waals surface area contributed by atoms with Crippen molar-refractivity contribution in [2.45, 2.75) is 11.8 Å². The van der Waals surface area contributed by atoms with E-state index in [1.165, 1.54) is 16.8 Å². The molecule has 3 heteroatoms. The van der Waals surface area contributed by atoms with Gasteiger partial charge in [0.25, 0.3) is 0 Å². The first kappa shape index (κ1) is 14.6. The lowest BCUT2D eigenvalue weighted by atomic mass is 10.1. The van der Waals surface area contributed by atoms with Gasteiger partial charge in [-0.05, 0) is 35.7 Å². The summed E-state index contributed by atoms with van der Waals surface area (Å²) in [5.74, 6) is 0. The predicted octanol–water partition coefficient (Wildman–Crippen LogP) is 5.02. The van der Waals surface area contributed by atoms with E-state index in [9.17, 15) is 0 Å². The van der Waals surface area contributed by atoms with Crippen LogP contribution in [-0.4, -0.2) is 13.6 Å². The Morgan fingerprint density at radius 3 is 2.47 bits per heavy atom. The molecule has 0 radical (unpaired) electrons. The van der Waals surface area contributed by atoms with Crippen LogP contribution in [0.15, 0.2) is 53.0 Å². The van der Waals surface area contributed by atoms with Crippen LogP contribution in [0, 0.1) is 0 Å². The van der Waals surface area contributed by atoms with Crippen LogP contribution in [0.3, 0.4) is 0 Å². The third-order valence-electron chi connectivity index (χ3n) is 3.18. The van der Waals surface area contributed by atoms with E-state index in [2.05, 4.69) is 92.3 Å². The summed E-state index contributed by atoms with van der Waals surface area (Å²) in [7, 11) is 2.15. The van der Waals surface area contributed by atoms with Gasteiger partial charge in [-0.15, -0.1) is 0 Å². The molecule has 0 amide bonds. The molecule has 0 aliphatic heterocycles. The third-order valence-corrected chi connectivity index (χ3v) is 4.27. The molecule has 0 atom stereocenters. The lowest BCUT2D eigenvalue weighted by Gasteiger charge is -2.22. The van der Waals surface area contributed by atoms with Crippen LogP contribution in [0.1, 0.15) is 11.1 Å². The Bertz CT molecular complexity index is 526. The second-order valence-electron chi connectivity index (χ2n) is 4.56. The highest BCUT2D eigenvalue weighted by molar-refractivity contribution is 9.10. The van der Waals surface area contributed by atoms with E-state index in [1.54, 1.807) is 0 Å². The minimum absolute atomic E-state index is 0.872. The molecule has 0 saturated heterocycles. The summed E-state index contributed by atoms with van der Waals surface area (Å²) in [6, 6.07) is 17.1. The molecule has 2 rings (SSSR count). The molecule has 0 spiro atoms. The van der Waals surface area contributed by atoms with Crippen molar-refractivity contribution in [3.8, 4) is 0 Å². The average Bonchev–Trinajstić information content (AvgIpc) is 2.45. The number of anilines is 1. The summed E-state index contributed by atoms with van der Waals surface area (Å²) in [4.78, 5) is 2.32. The first-order chi connectivity index (χ1) is 9.20. The molecule has 19 heavy (non-hydrogen) atoms. The van der Waals surface area contributed by atoms with Gasteiger partial charge in [0.05, 0.1) is 0 Å². The fourth-order valence-corrected chi connectivity index (χ4v) is 2.95. The van der Waals surface area contributed by atoms with Gasteiger partial charge in [0.2, 0.25) is 0 Å². The Labute approximate surface area is 131 Å². The highest BCUT2D eigenvalue weighted by Gasteiger charge is 2.07. The summed E-state index contributed by atoms with van der Waals surface area (Å²) < 4.78 is 1.13. The molecular formula is C16H17Br2N. The van der Waals surface area contributed by atoms with Gasteiger partial charge in [0, 0.05) is 29.1 Å². The zero-order chi connectivity index (χ0) is 13.7. The van der Waals surface area contributed by atoms with Crippen molar-refractivity contribution < 1.29 is 0 Å². The number of benzene rings is 2. The SMILES string of the molecule is CN(CCc1ccccc1)c1ccc(Br)cc1CBr. The van der Waals surface area contributed by atoms with Crippen molar-refractivity contribution in [3.63, 3.8) is 0 Å². The number of likely N-dealkylation sites (N-methyl/N-ethyl adjacent to an activating group) is 1. The number of hydrogen-bond donors (Lipinski definition) is 0. The molecule has 0 aromatic heterocycles. The molecule has 0 saturated carbocycles. The Kier molecular flexibility index (Phi) is 5.46. The molecule has 0 unspecified atom stereocenters. The number of alkyl halides is 1. The molecule has 0 N–H and O–H groups in total. The normalized spacial score (nSPS) is 10.5. The molecule has 0 heterocycles. The van der Waals surface area contributed by atoms with Crippen LogP contribution < -0.4 is 4.90 Å². The van der Waals surface area contributed by atoms with Crippen LogP contribution >= 0.6 is 31.9 Å². The van der Waals surface area contributed by atoms with E-state index in [0.717, 1.165) is 22.8 Å². The van der Waals surface area contributed by atoms with Crippen LogP contribution in [0.4, 0.5) is 5.69 Å². The van der Waals surface area contributed by atoms with Crippen molar-refractivity contribution in [1.29, 1.82) is 0 Å². The van der Waals surface area contributed by atoms with Crippen molar-refractivity contribution in [2.75, 3.05) is 18.5 Å². The molecule has 1 nitrogen and oxygen atoms in total. The summed E-state index contributed by atoms with van der Waals surface area (Å²) in [5.41, 5.74) is 3.98. The topological polar surface area (TPSA) is 3.24 Å². The second-order valence-corrected chi connectivity index (χ2v) is 6.04. The Morgan fingerprint density at radius 1 is 1.05 bits per heavy atom. The summed E-state index contributed by atoms with van der Waals surface area (Å²) in [5, 5.41) is 0.872. The van der Waals surface area contributed by atoms with Crippen molar-refractivity contribution in [1.82, 2.24) is 0 Å². The Hall–Kier alpha value is -0.800. The fourth-order valence-electron chi connectivity index (χ4n) is 2.10. The van der Waals surface area contributed by atoms with Crippen LogP contribution in [0.2, 0.25) is 0 Å². The first-order valence-electron chi connectivity index (χ1n) is 6.30. The molecular weight excluding hydrogens is 366 g/mol. The van der Waals surface area contributed by atoms with E-state index in [-0.39, 0.29) is 0 Å². The molecule has 2 aromatic carbocycles. The van der Waals surface area contributed by atoms with Crippen molar-refractivity contribution >= 4 is 37.5 Å². The van der Waals surface area contributed by atoms with Crippen molar-refractivity contribution in [2.24, 2.45) is 0 Å². The Balaban J connectivity index is 2.05. The zero-order valence-corrected chi connectivity index (χ0v) is 14.1. The molecule has 0 fully saturated rings. The van der Waals surface area contributed by atoms with Gasteiger partial charge in [-0.1, -0.05) is 62.2 Å². The standard InChI is InChI=1S/C16H17Br2N/c1-19(10-9-13-5-3-2-4-6-13)16-8-7-15(18)11-14(16)12-17/h2-8,11H,9-10,12H2,1H3. The van der Waals surface area contributed by atoms with Gasteiger partial charge in [-0.25, -0.2) is 0 Å². The second kappa shape index (κ2) is 7.11. The number of halogens is 2. The van der Waals surface area contributed by atoms with Crippen LogP contribution in [0.5, 0.6) is 0 Å². The third kappa shape index (κ3) is 4.08. The summed E-state index contributed by atoms with van der Waals surface area (Å²) >= 11 is 7.08. The first-order valence-corrected chi connectivity index (χ1v) is 8.21. The number of hydrogen-bond acceptors (Lipinski definition) is 1. The average molecular weight is 383 g/mol. The predicted molar refractivity (Wildman–Crippen MR) is 90.2 cm³/mol. The van der Waals surface area contributed by atoms with Gasteiger partial charge in [-0.2, -0.15) is 0 Å². The monoisotopic (exact) mass is 381 g/mol. The van der Waals surface area contributed by atoms with Gasteiger partial charge >= 0.3 is 0 Å². The van der Waals surface area contributed by atoms with E-state index in [0.29, 0.717) is 0 Å². The van der Waals surface area contributed by atoms with E-state index in [1.807, 2.05) is 0 Å². The van der Waals surface area contributed by atoms with Gasteiger partial charge in [0.15, 0.2) is 0 Å². The highest BCUT2D eigenvalue weighted by Crippen LogP contribution is 2.26. The highest BCUT2D eigenvalue weighted by atomic mass is 79.9. The maximum absolute atomic E-state index is 3.56.